The third kappa shape index (κ3) is 2.90. The van der Waals surface area contributed by atoms with Crippen LogP contribution >= 0.6 is 22.9 Å². The molecule has 1 amide bonds. The molecule has 0 fully saturated rings. The van der Waals surface area contributed by atoms with Crippen molar-refractivity contribution in [3.8, 4) is 0 Å². The van der Waals surface area contributed by atoms with Gasteiger partial charge in [0.2, 0.25) is 0 Å². The van der Waals surface area contributed by atoms with E-state index < -0.39 is 0 Å². The van der Waals surface area contributed by atoms with Gasteiger partial charge in [-0.3, -0.25) is 9.48 Å². The van der Waals surface area contributed by atoms with Gasteiger partial charge in [0, 0.05) is 18.5 Å². The maximum Gasteiger partial charge on any atom is 0.274 e. The zero-order valence-corrected chi connectivity index (χ0v) is 12.3. The molecule has 0 atom stereocenters. The minimum absolute atomic E-state index is 0.121. The van der Waals surface area contributed by atoms with Gasteiger partial charge < -0.3 is 10.6 Å². The van der Waals surface area contributed by atoms with Gasteiger partial charge in [-0.05, 0) is 19.1 Å². The Bertz CT molecular complexity index is 573. The van der Waals surface area contributed by atoms with Crippen LogP contribution < -0.4 is 5.73 Å². The molecule has 7 heteroatoms. The number of thiophene rings is 1. The van der Waals surface area contributed by atoms with Crippen molar-refractivity contribution in [2.45, 2.75) is 13.5 Å². The molecular formula is C12H15ClN4OS. The van der Waals surface area contributed by atoms with Crippen LogP contribution in [0.3, 0.4) is 0 Å². The number of hydrogen-bond acceptors (Lipinski definition) is 4. The topological polar surface area (TPSA) is 64.2 Å². The normalized spacial score (nSPS) is 10.7. The predicted molar refractivity (Wildman–Crippen MR) is 77.4 cm³/mol. The van der Waals surface area contributed by atoms with Crippen LogP contribution in [0.25, 0.3) is 0 Å². The van der Waals surface area contributed by atoms with E-state index in [1.54, 1.807) is 11.9 Å². The standard InChI is InChI=1S/C12H15ClN4OS/c1-3-17(7-8-4-5-10(13)19-8)12(18)11-9(14)6-15-16(11)2/h4-6H,3,7,14H2,1-2H3. The van der Waals surface area contributed by atoms with Crippen LogP contribution in [0, 0.1) is 0 Å². The summed E-state index contributed by atoms with van der Waals surface area (Å²) in [4.78, 5) is 15.2. The van der Waals surface area contributed by atoms with Gasteiger partial charge in [0.25, 0.3) is 5.91 Å². The van der Waals surface area contributed by atoms with Crippen molar-refractivity contribution in [3.63, 3.8) is 0 Å². The van der Waals surface area contributed by atoms with Crippen LogP contribution in [0.5, 0.6) is 0 Å². The van der Waals surface area contributed by atoms with Crippen molar-refractivity contribution in [3.05, 3.63) is 33.2 Å². The fourth-order valence-electron chi connectivity index (χ4n) is 1.82. The lowest BCUT2D eigenvalue weighted by Crippen LogP contribution is -2.32. The molecule has 0 aliphatic heterocycles. The minimum Gasteiger partial charge on any atom is -0.396 e. The van der Waals surface area contributed by atoms with Crippen molar-refractivity contribution >= 4 is 34.5 Å². The summed E-state index contributed by atoms with van der Waals surface area (Å²) in [6.07, 6.45) is 1.49. The summed E-state index contributed by atoms with van der Waals surface area (Å²) < 4.78 is 2.22. The Labute approximate surface area is 120 Å². The quantitative estimate of drug-likeness (QED) is 0.942. The summed E-state index contributed by atoms with van der Waals surface area (Å²) in [5.41, 5.74) is 6.60. The van der Waals surface area contributed by atoms with Gasteiger partial charge in [0.1, 0.15) is 5.69 Å². The Kier molecular flexibility index (Phi) is 4.11. The van der Waals surface area contributed by atoms with Crippen LogP contribution in [0.1, 0.15) is 22.3 Å². The van der Waals surface area contributed by atoms with E-state index in [2.05, 4.69) is 5.10 Å². The fraction of sp³-hybridized carbons (Fsp3) is 0.333. The molecule has 5 nitrogen and oxygen atoms in total. The average Bonchev–Trinajstić information content (AvgIpc) is 2.92. The Morgan fingerprint density at radius 3 is 2.79 bits per heavy atom. The number of nitrogens with two attached hydrogens (primary N) is 1. The molecule has 2 N–H and O–H groups in total. The SMILES string of the molecule is CCN(Cc1ccc(Cl)s1)C(=O)c1c(N)cnn1C. The molecule has 0 aliphatic carbocycles. The Morgan fingerprint density at radius 2 is 2.32 bits per heavy atom. The van der Waals surface area contributed by atoms with E-state index in [1.807, 2.05) is 19.1 Å². The van der Waals surface area contributed by atoms with E-state index in [0.29, 0.717) is 24.5 Å². The molecule has 0 aromatic carbocycles. The number of anilines is 1. The van der Waals surface area contributed by atoms with E-state index in [4.69, 9.17) is 17.3 Å². The zero-order valence-electron chi connectivity index (χ0n) is 10.8. The molecule has 0 unspecified atom stereocenters. The van der Waals surface area contributed by atoms with Crippen LogP contribution in [-0.2, 0) is 13.6 Å². The van der Waals surface area contributed by atoms with Crippen molar-refractivity contribution in [1.82, 2.24) is 14.7 Å². The van der Waals surface area contributed by atoms with E-state index in [-0.39, 0.29) is 5.91 Å². The van der Waals surface area contributed by atoms with Gasteiger partial charge in [-0.2, -0.15) is 5.10 Å². The number of aromatic nitrogens is 2. The first-order valence-electron chi connectivity index (χ1n) is 5.84. The summed E-state index contributed by atoms with van der Waals surface area (Å²) in [7, 11) is 1.71. The highest BCUT2D eigenvalue weighted by Crippen LogP contribution is 2.23. The second kappa shape index (κ2) is 5.63. The lowest BCUT2D eigenvalue weighted by molar-refractivity contribution is 0.0744. The average molecular weight is 299 g/mol. The summed E-state index contributed by atoms with van der Waals surface area (Å²) >= 11 is 7.37. The highest BCUT2D eigenvalue weighted by molar-refractivity contribution is 7.16. The molecule has 0 saturated heterocycles. The van der Waals surface area contributed by atoms with E-state index in [0.717, 1.165) is 9.21 Å². The summed E-state index contributed by atoms with van der Waals surface area (Å²) in [5, 5.41) is 3.99. The number of nitrogen functional groups attached to an aromatic ring is 1. The van der Waals surface area contributed by atoms with Crippen molar-refractivity contribution in [1.29, 1.82) is 0 Å². The number of hydrogen-bond donors (Lipinski definition) is 1. The van der Waals surface area contributed by atoms with E-state index >= 15 is 0 Å². The Morgan fingerprint density at radius 1 is 1.58 bits per heavy atom. The highest BCUT2D eigenvalue weighted by Gasteiger charge is 2.21. The molecule has 2 heterocycles. The van der Waals surface area contributed by atoms with E-state index in [9.17, 15) is 4.79 Å². The molecule has 2 rings (SSSR count). The van der Waals surface area contributed by atoms with Gasteiger partial charge in [-0.15, -0.1) is 11.3 Å². The molecule has 0 radical (unpaired) electrons. The second-order valence-corrected chi connectivity index (χ2v) is 5.90. The molecule has 102 valence electrons. The predicted octanol–water partition coefficient (Wildman–Crippen LogP) is 2.38. The van der Waals surface area contributed by atoms with Crippen LogP contribution in [0.4, 0.5) is 5.69 Å². The molecule has 0 bridgehead atoms. The Hall–Kier alpha value is -1.53. The molecule has 2 aromatic rings. The Balaban J connectivity index is 2.20. The number of aryl methyl sites for hydroxylation is 1. The van der Waals surface area contributed by atoms with Crippen molar-refractivity contribution in [2.75, 3.05) is 12.3 Å². The third-order valence-electron chi connectivity index (χ3n) is 2.81. The van der Waals surface area contributed by atoms with Crippen molar-refractivity contribution in [2.24, 2.45) is 7.05 Å². The summed E-state index contributed by atoms with van der Waals surface area (Å²) in [6.45, 7) is 3.05. The van der Waals surface area contributed by atoms with Gasteiger partial charge in [0.05, 0.1) is 22.8 Å². The molecular weight excluding hydrogens is 284 g/mol. The summed E-state index contributed by atoms with van der Waals surface area (Å²) in [6, 6.07) is 3.76. The number of nitrogens with zero attached hydrogens (tertiary/aromatic N) is 3. The lowest BCUT2D eigenvalue weighted by Gasteiger charge is -2.20. The molecule has 0 saturated carbocycles. The lowest BCUT2D eigenvalue weighted by atomic mass is 10.3. The second-order valence-electron chi connectivity index (χ2n) is 4.10. The number of carbonyl (C=O) groups excluding carboxylic acids is 1. The van der Waals surface area contributed by atoms with Crippen LogP contribution in [0.2, 0.25) is 4.34 Å². The molecule has 2 aromatic heterocycles. The summed E-state index contributed by atoms with van der Waals surface area (Å²) in [5.74, 6) is -0.121. The smallest absolute Gasteiger partial charge is 0.274 e. The monoisotopic (exact) mass is 298 g/mol. The highest BCUT2D eigenvalue weighted by atomic mass is 35.5. The van der Waals surface area contributed by atoms with E-state index in [1.165, 1.54) is 22.2 Å². The zero-order chi connectivity index (χ0) is 14.0. The minimum atomic E-state index is -0.121. The van der Waals surface area contributed by atoms with Gasteiger partial charge in [-0.1, -0.05) is 11.6 Å². The number of amides is 1. The van der Waals surface area contributed by atoms with Gasteiger partial charge in [-0.25, -0.2) is 0 Å². The first-order valence-corrected chi connectivity index (χ1v) is 7.03. The number of halogens is 1. The number of rotatable bonds is 4. The van der Waals surface area contributed by atoms with Crippen LogP contribution in [-0.4, -0.2) is 27.1 Å². The van der Waals surface area contributed by atoms with Gasteiger partial charge >= 0.3 is 0 Å². The first-order chi connectivity index (χ1) is 9.02. The van der Waals surface area contributed by atoms with Gasteiger partial charge in [0.15, 0.2) is 0 Å². The van der Waals surface area contributed by atoms with Crippen molar-refractivity contribution < 1.29 is 4.79 Å². The largest absolute Gasteiger partial charge is 0.396 e. The molecule has 19 heavy (non-hydrogen) atoms. The number of carbonyl (C=O) groups is 1. The molecule has 0 aliphatic rings. The molecule has 0 spiro atoms. The maximum absolute atomic E-state index is 12.4. The third-order valence-corrected chi connectivity index (χ3v) is 4.03. The fourth-order valence-corrected chi connectivity index (χ4v) is 2.92. The maximum atomic E-state index is 12.4. The van der Waals surface area contributed by atoms with Crippen LogP contribution in [0.15, 0.2) is 18.3 Å². The first kappa shape index (κ1) is 13.9.